The average molecular weight is 459 g/mol. The second kappa shape index (κ2) is 8.50. The van der Waals surface area contributed by atoms with Crippen molar-refractivity contribution in [3.8, 4) is 17.6 Å². The number of imide groups is 1. The van der Waals surface area contributed by atoms with Gasteiger partial charge in [0.2, 0.25) is 0 Å². The lowest BCUT2D eigenvalue weighted by Gasteiger charge is -2.13. The van der Waals surface area contributed by atoms with Gasteiger partial charge in [-0.15, -0.1) is 0 Å². The van der Waals surface area contributed by atoms with E-state index in [1.807, 2.05) is 0 Å². The number of phenols is 1. The molecule has 0 bridgehead atoms. The molecule has 0 radical (unpaired) electrons. The van der Waals surface area contributed by atoms with Crippen molar-refractivity contribution in [2.45, 2.75) is 13.5 Å². The molecule has 2 aromatic carbocycles. The highest BCUT2D eigenvalue weighted by molar-refractivity contribution is 9.10. The molecule has 0 unspecified atom stereocenters. The van der Waals surface area contributed by atoms with Gasteiger partial charge >= 0.3 is 0 Å². The molecule has 0 saturated carbocycles. The Morgan fingerprint density at radius 3 is 2.79 bits per heavy atom. The van der Waals surface area contributed by atoms with E-state index in [1.165, 1.54) is 6.07 Å². The first kappa shape index (κ1) is 20.0. The van der Waals surface area contributed by atoms with Gasteiger partial charge < -0.3 is 9.84 Å². The number of rotatable bonds is 5. The van der Waals surface area contributed by atoms with Gasteiger partial charge in [0.15, 0.2) is 11.5 Å². The lowest BCUT2D eigenvalue weighted by Crippen LogP contribution is -2.27. The van der Waals surface area contributed by atoms with E-state index in [1.54, 1.807) is 43.3 Å². The van der Waals surface area contributed by atoms with E-state index in [4.69, 9.17) is 4.74 Å². The Labute approximate surface area is 174 Å². The van der Waals surface area contributed by atoms with Crippen LogP contribution in [-0.2, 0) is 11.3 Å². The van der Waals surface area contributed by atoms with Crippen molar-refractivity contribution >= 4 is 44.9 Å². The predicted molar refractivity (Wildman–Crippen MR) is 110 cm³/mol. The summed E-state index contributed by atoms with van der Waals surface area (Å²) in [7, 11) is 0. The Morgan fingerprint density at radius 1 is 1.32 bits per heavy atom. The Hall–Kier alpha value is -2.76. The van der Waals surface area contributed by atoms with E-state index in [-0.39, 0.29) is 17.2 Å². The van der Waals surface area contributed by atoms with Crippen molar-refractivity contribution in [2.75, 3.05) is 6.61 Å². The molecule has 1 N–H and O–H groups in total. The summed E-state index contributed by atoms with van der Waals surface area (Å²) in [5, 5.41) is 18.7. The zero-order chi connectivity index (χ0) is 20.3. The quantitative estimate of drug-likeness (QED) is 0.654. The molecule has 1 aliphatic heterocycles. The molecule has 2 amide bonds. The lowest BCUT2D eigenvalue weighted by molar-refractivity contribution is -0.123. The molecule has 2 aromatic rings. The van der Waals surface area contributed by atoms with Crippen molar-refractivity contribution in [3.63, 3.8) is 0 Å². The fourth-order valence-corrected chi connectivity index (χ4v) is 3.93. The lowest BCUT2D eigenvalue weighted by atomic mass is 10.1. The third-order valence-electron chi connectivity index (χ3n) is 4.00. The van der Waals surface area contributed by atoms with E-state index in [0.717, 1.165) is 16.7 Å². The number of hydrogen-bond acceptors (Lipinski definition) is 6. The van der Waals surface area contributed by atoms with Crippen LogP contribution in [0.5, 0.6) is 11.5 Å². The minimum atomic E-state index is -0.430. The predicted octanol–water partition coefficient (Wildman–Crippen LogP) is 4.66. The summed E-state index contributed by atoms with van der Waals surface area (Å²) in [4.78, 5) is 26.5. The Balaban J connectivity index is 1.89. The van der Waals surface area contributed by atoms with E-state index < -0.39 is 11.1 Å². The first-order chi connectivity index (χ1) is 13.4. The van der Waals surface area contributed by atoms with Crippen LogP contribution >= 0.6 is 27.7 Å². The molecule has 28 heavy (non-hydrogen) atoms. The van der Waals surface area contributed by atoms with Crippen molar-refractivity contribution in [1.29, 1.82) is 5.26 Å². The number of ether oxygens (including phenoxy) is 1. The topological polar surface area (TPSA) is 90.6 Å². The summed E-state index contributed by atoms with van der Waals surface area (Å²) in [5.74, 6) is -0.160. The van der Waals surface area contributed by atoms with Gasteiger partial charge in [0.1, 0.15) is 0 Å². The normalized spacial score (nSPS) is 15.2. The zero-order valence-electron chi connectivity index (χ0n) is 14.8. The molecule has 142 valence electrons. The molecule has 1 heterocycles. The monoisotopic (exact) mass is 458 g/mol. The minimum Gasteiger partial charge on any atom is -0.504 e. The van der Waals surface area contributed by atoms with Gasteiger partial charge in [-0.25, -0.2) is 0 Å². The number of halogens is 1. The van der Waals surface area contributed by atoms with E-state index in [0.29, 0.717) is 33.5 Å². The van der Waals surface area contributed by atoms with Gasteiger partial charge in [-0.1, -0.05) is 34.1 Å². The summed E-state index contributed by atoms with van der Waals surface area (Å²) in [6.07, 6.45) is 1.58. The largest absolute Gasteiger partial charge is 0.504 e. The summed E-state index contributed by atoms with van der Waals surface area (Å²) in [6.45, 7) is 2.21. The molecule has 0 aliphatic carbocycles. The molecule has 0 aromatic heterocycles. The van der Waals surface area contributed by atoms with E-state index >= 15 is 0 Å². The van der Waals surface area contributed by atoms with Gasteiger partial charge in [0.25, 0.3) is 11.1 Å². The molecule has 1 fully saturated rings. The number of thioether (sulfide) groups is 1. The third kappa shape index (κ3) is 4.06. The second-order valence-corrected chi connectivity index (χ2v) is 7.66. The minimum absolute atomic E-state index is 0.0212. The van der Waals surface area contributed by atoms with E-state index in [9.17, 15) is 20.0 Å². The van der Waals surface area contributed by atoms with Gasteiger partial charge in [0.05, 0.1) is 29.7 Å². The van der Waals surface area contributed by atoms with Crippen molar-refractivity contribution in [2.24, 2.45) is 0 Å². The van der Waals surface area contributed by atoms with Crippen molar-refractivity contribution in [1.82, 2.24) is 4.90 Å². The molecule has 0 spiro atoms. The molecule has 1 saturated heterocycles. The maximum absolute atomic E-state index is 12.8. The summed E-state index contributed by atoms with van der Waals surface area (Å²) in [6, 6.07) is 12.0. The molecule has 6 nitrogen and oxygen atoms in total. The molecule has 3 rings (SSSR count). The van der Waals surface area contributed by atoms with Crippen LogP contribution in [0.2, 0.25) is 0 Å². The smallest absolute Gasteiger partial charge is 0.293 e. The molecule has 8 heteroatoms. The molecule has 0 atom stereocenters. The Morgan fingerprint density at radius 2 is 2.07 bits per heavy atom. The Kier molecular flexibility index (Phi) is 6.07. The summed E-state index contributed by atoms with van der Waals surface area (Å²) < 4.78 is 5.94. The maximum Gasteiger partial charge on any atom is 0.293 e. The van der Waals surface area contributed by atoms with Crippen molar-refractivity contribution < 1.29 is 19.4 Å². The second-order valence-electron chi connectivity index (χ2n) is 5.81. The highest BCUT2D eigenvalue weighted by Crippen LogP contribution is 2.38. The summed E-state index contributed by atoms with van der Waals surface area (Å²) in [5.41, 5.74) is 1.63. The van der Waals surface area contributed by atoms with Crippen LogP contribution in [0, 0.1) is 11.3 Å². The fraction of sp³-hybridized carbons (Fsp3) is 0.150. The van der Waals surface area contributed by atoms with Crippen LogP contribution in [-0.4, -0.2) is 27.8 Å². The number of carbonyl (C=O) groups excluding carboxylic acids is 2. The number of nitrogens with zero attached hydrogens (tertiary/aromatic N) is 2. The average Bonchev–Trinajstić information content (AvgIpc) is 2.93. The maximum atomic E-state index is 12.8. The van der Waals surface area contributed by atoms with Crippen LogP contribution in [0.4, 0.5) is 4.79 Å². The van der Waals surface area contributed by atoms with Crippen LogP contribution in [0.25, 0.3) is 6.08 Å². The molecular weight excluding hydrogens is 444 g/mol. The molecular formula is C20H15BrN2O4S. The number of carbonyl (C=O) groups is 2. The number of aromatic hydroxyl groups is 1. The SMILES string of the molecule is CCOc1cc(C=C2SC(=O)N(Cc3ccccc3C#N)C2=O)c(Br)cc1O. The van der Waals surface area contributed by atoms with Gasteiger partial charge in [-0.05, 0) is 54.1 Å². The number of phenolic OH excluding ortho intramolecular Hbond substituents is 1. The van der Waals surface area contributed by atoms with Gasteiger partial charge in [0, 0.05) is 4.47 Å². The van der Waals surface area contributed by atoms with Crippen LogP contribution in [0.15, 0.2) is 45.8 Å². The zero-order valence-corrected chi connectivity index (χ0v) is 17.2. The van der Waals surface area contributed by atoms with E-state index in [2.05, 4.69) is 22.0 Å². The van der Waals surface area contributed by atoms with Gasteiger partial charge in [-0.3, -0.25) is 14.5 Å². The number of benzene rings is 2. The number of amides is 2. The number of nitriles is 1. The van der Waals surface area contributed by atoms with Crippen LogP contribution < -0.4 is 4.74 Å². The van der Waals surface area contributed by atoms with Crippen molar-refractivity contribution in [3.05, 3.63) is 62.5 Å². The standard InChI is InChI=1S/C20H15BrN2O4S/c1-2-27-17-7-14(15(21)9-16(17)24)8-18-19(25)23(20(26)28-18)11-13-6-4-3-5-12(13)10-22/h3-9,24H,2,11H2,1H3. The summed E-state index contributed by atoms with van der Waals surface area (Å²) >= 11 is 4.18. The van der Waals surface area contributed by atoms with Gasteiger partial charge in [-0.2, -0.15) is 5.26 Å². The Bertz CT molecular complexity index is 1030. The first-order valence-corrected chi connectivity index (χ1v) is 9.94. The highest BCUT2D eigenvalue weighted by atomic mass is 79.9. The highest BCUT2D eigenvalue weighted by Gasteiger charge is 2.35. The third-order valence-corrected chi connectivity index (χ3v) is 5.60. The number of hydrogen-bond donors (Lipinski definition) is 1. The first-order valence-electron chi connectivity index (χ1n) is 8.33. The molecule has 1 aliphatic rings. The van der Waals surface area contributed by atoms with Crippen LogP contribution in [0.3, 0.4) is 0 Å². The fourth-order valence-electron chi connectivity index (χ4n) is 2.66. The van der Waals surface area contributed by atoms with Crippen LogP contribution in [0.1, 0.15) is 23.6 Å².